The second kappa shape index (κ2) is 11.2. The molecular formula is C28H30N6O5. The molecule has 1 fully saturated rings. The van der Waals surface area contributed by atoms with E-state index < -0.39 is 36.1 Å². The van der Waals surface area contributed by atoms with E-state index in [9.17, 15) is 24.9 Å². The summed E-state index contributed by atoms with van der Waals surface area (Å²) in [6.45, 7) is 2.11. The van der Waals surface area contributed by atoms with E-state index in [0.717, 1.165) is 11.1 Å². The van der Waals surface area contributed by atoms with E-state index in [4.69, 9.17) is 0 Å². The Labute approximate surface area is 224 Å². The second-order valence-corrected chi connectivity index (χ2v) is 9.59. The zero-order valence-corrected chi connectivity index (χ0v) is 21.3. The fraction of sp³-hybridized carbons (Fsp3) is 0.321. The number of aromatic carboxylic acids is 1. The maximum Gasteiger partial charge on any atom is 0.374 e. The van der Waals surface area contributed by atoms with Gasteiger partial charge in [-0.3, -0.25) is 4.79 Å². The van der Waals surface area contributed by atoms with Crippen LogP contribution in [0.3, 0.4) is 0 Å². The zero-order valence-electron chi connectivity index (χ0n) is 21.3. The normalized spacial score (nSPS) is 20.8. The summed E-state index contributed by atoms with van der Waals surface area (Å²) in [5.41, 5.74) is 2.70. The molecule has 0 spiro atoms. The molecule has 2 unspecified atom stereocenters. The lowest BCUT2D eigenvalue weighted by Gasteiger charge is -2.20. The molecule has 39 heavy (non-hydrogen) atoms. The SMILES string of the molecule is CCC(=O)N[C@H]1C[C@@H](n2cnc3c(NCC(c4ccccc4)c4ccccc4)nc(C(=O)O)nc32)C(O)C1O. The first kappa shape index (κ1) is 26.3. The van der Waals surface area contributed by atoms with Crippen molar-refractivity contribution in [3.05, 3.63) is 83.9 Å². The van der Waals surface area contributed by atoms with Crippen molar-refractivity contribution in [2.24, 2.45) is 0 Å². The molecule has 0 aliphatic heterocycles. The molecule has 0 bridgehead atoms. The van der Waals surface area contributed by atoms with Crippen LogP contribution in [0.4, 0.5) is 5.82 Å². The van der Waals surface area contributed by atoms with E-state index in [0.29, 0.717) is 12.1 Å². The maximum absolute atomic E-state index is 11.9. The topological polar surface area (TPSA) is 162 Å². The highest BCUT2D eigenvalue weighted by atomic mass is 16.4. The number of aromatic nitrogens is 4. The molecule has 0 radical (unpaired) electrons. The van der Waals surface area contributed by atoms with Crippen molar-refractivity contribution in [1.29, 1.82) is 0 Å². The van der Waals surface area contributed by atoms with Gasteiger partial charge in [0.05, 0.1) is 18.4 Å². The molecule has 4 aromatic rings. The summed E-state index contributed by atoms with van der Waals surface area (Å²) >= 11 is 0. The highest BCUT2D eigenvalue weighted by Crippen LogP contribution is 2.34. The van der Waals surface area contributed by atoms with Gasteiger partial charge in [0, 0.05) is 18.9 Å². The van der Waals surface area contributed by atoms with Crippen molar-refractivity contribution >= 4 is 28.9 Å². The van der Waals surface area contributed by atoms with Gasteiger partial charge in [0.25, 0.3) is 0 Å². The van der Waals surface area contributed by atoms with E-state index >= 15 is 0 Å². The van der Waals surface area contributed by atoms with Crippen LogP contribution in [0, 0.1) is 0 Å². The molecule has 1 aliphatic rings. The number of imidazole rings is 1. The van der Waals surface area contributed by atoms with Crippen molar-refractivity contribution < 1.29 is 24.9 Å². The molecule has 2 aromatic carbocycles. The lowest BCUT2D eigenvalue weighted by molar-refractivity contribution is -0.122. The van der Waals surface area contributed by atoms with Gasteiger partial charge in [0.1, 0.15) is 17.7 Å². The summed E-state index contributed by atoms with van der Waals surface area (Å²) in [4.78, 5) is 36.7. The van der Waals surface area contributed by atoms with E-state index in [-0.39, 0.29) is 36.1 Å². The first-order valence-corrected chi connectivity index (χ1v) is 12.8. The second-order valence-electron chi connectivity index (χ2n) is 9.59. The number of rotatable bonds is 9. The van der Waals surface area contributed by atoms with Crippen LogP contribution in [0.5, 0.6) is 0 Å². The highest BCUT2D eigenvalue weighted by Gasteiger charge is 2.43. The van der Waals surface area contributed by atoms with E-state index in [1.807, 2.05) is 60.7 Å². The third kappa shape index (κ3) is 5.31. The smallest absolute Gasteiger partial charge is 0.374 e. The summed E-state index contributed by atoms with van der Waals surface area (Å²) in [6.07, 6.45) is -0.496. The average Bonchev–Trinajstić information content (AvgIpc) is 3.50. The van der Waals surface area contributed by atoms with Gasteiger partial charge in [0.15, 0.2) is 11.5 Å². The predicted octanol–water partition coefficient (Wildman–Crippen LogP) is 2.33. The Kier molecular flexibility index (Phi) is 7.53. The van der Waals surface area contributed by atoms with Gasteiger partial charge >= 0.3 is 5.97 Å². The number of carboxylic acids is 1. The highest BCUT2D eigenvalue weighted by molar-refractivity contribution is 5.90. The lowest BCUT2D eigenvalue weighted by Crippen LogP contribution is -2.42. The number of benzene rings is 2. The largest absolute Gasteiger partial charge is 0.475 e. The van der Waals surface area contributed by atoms with Crippen molar-refractivity contribution in [2.75, 3.05) is 11.9 Å². The number of anilines is 1. The number of nitrogens with one attached hydrogen (secondary N) is 2. The molecule has 2 heterocycles. The first-order chi connectivity index (χ1) is 18.9. The molecule has 5 N–H and O–H groups in total. The number of hydrogen-bond donors (Lipinski definition) is 5. The summed E-state index contributed by atoms with van der Waals surface area (Å²) in [7, 11) is 0. The summed E-state index contributed by atoms with van der Waals surface area (Å²) in [5, 5.41) is 37.1. The van der Waals surface area contributed by atoms with Crippen LogP contribution in [0.25, 0.3) is 11.2 Å². The van der Waals surface area contributed by atoms with Crippen LogP contribution >= 0.6 is 0 Å². The number of hydrogen-bond acceptors (Lipinski definition) is 8. The molecule has 4 atom stereocenters. The summed E-state index contributed by atoms with van der Waals surface area (Å²) in [6, 6.07) is 18.6. The van der Waals surface area contributed by atoms with Gasteiger partial charge in [-0.25, -0.2) is 19.7 Å². The van der Waals surface area contributed by atoms with Crippen molar-refractivity contribution in [3.8, 4) is 0 Å². The minimum Gasteiger partial charge on any atom is -0.475 e. The average molecular weight is 531 g/mol. The zero-order chi connectivity index (χ0) is 27.5. The third-order valence-electron chi connectivity index (χ3n) is 7.17. The fourth-order valence-corrected chi connectivity index (χ4v) is 5.11. The monoisotopic (exact) mass is 530 g/mol. The van der Waals surface area contributed by atoms with Gasteiger partial charge in [-0.15, -0.1) is 0 Å². The number of carboxylic acid groups (broad SMARTS) is 1. The molecule has 11 heteroatoms. The van der Waals surface area contributed by atoms with E-state index in [2.05, 4.69) is 25.6 Å². The quantitative estimate of drug-likeness (QED) is 0.219. The van der Waals surface area contributed by atoms with Gasteiger partial charge in [0.2, 0.25) is 11.7 Å². The van der Waals surface area contributed by atoms with Crippen molar-refractivity contribution in [3.63, 3.8) is 0 Å². The van der Waals surface area contributed by atoms with Gasteiger partial charge < -0.3 is 30.5 Å². The number of aliphatic hydroxyl groups is 2. The fourth-order valence-electron chi connectivity index (χ4n) is 5.11. The Morgan fingerprint density at radius 1 is 1.00 bits per heavy atom. The van der Waals surface area contributed by atoms with Gasteiger partial charge in [-0.2, -0.15) is 0 Å². The van der Waals surface area contributed by atoms with Crippen LogP contribution < -0.4 is 10.6 Å². The Balaban J connectivity index is 1.49. The number of carbonyl (C=O) groups is 2. The number of aliphatic hydroxyl groups excluding tert-OH is 2. The minimum atomic E-state index is -1.31. The maximum atomic E-state index is 11.9. The van der Waals surface area contributed by atoms with Crippen LogP contribution in [0.1, 0.15) is 53.5 Å². The number of amides is 1. The standard InChI is InChI=1S/C28H30N6O5/c1-2-21(35)31-19-13-20(24(37)23(19)36)34-15-30-22-25(32-26(28(38)39)33-27(22)34)29-14-18(16-9-5-3-6-10-16)17-11-7-4-8-12-17/h3-12,15,18-20,23-24,36-37H,2,13-14H2,1H3,(H,31,35)(H,38,39)(H,29,32,33)/t19-,20+,23?,24?/m0/s1. The van der Waals surface area contributed by atoms with E-state index in [1.165, 1.54) is 6.33 Å². The first-order valence-electron chi connectivity index (χ1n) is 12.8. The van der Waals surface area contributed by atoms with Crippen molar-refractivity contribution in [1.82, 2.24) is 24.8 Å². The van der Waals surface area contributed by atoms with Crippen LogP contribution in [-0.4, -0.2) is 71.5 Å². The van der Waals surface area contributed by atoms with Gasteiger partial charge in [-0.05, 0) is 17.5 Å². The van der Waals surface area contributed by atoms with E-state index in [1.54, 1.807) is 11.5 Å². The molecule has 5 rings (SSSR count). The Hall–Kier alpha value is -4.35. The van der Waals surface area contributed by atoms with Crippen molar-refractivity contribution in [2.45, 2.75) is 50.0 Å². The predicted molar refractivity (Wildman–Crippen MR) is 143 cm³/mol. The molecule has 1 saturated carbocycles. The summed E-state index contributed by atoms with van der Waals surface area (Å²) < 4.78 is 1.55. The van der Waals surface area contributed by atoms with Gasteiger partial charge in [-0.1, -0.05) is 67.6 Å². The Bertz CT molecular complexity index is 1420. The molecule has 1 amide bonds. The molecule has 2 aromatic heterocycles. The van der Waals surface area contributed by atoms with Crippen LogP contribution in [0.2, 0.25) is 0 Å². The van der Waals surface area contributed by atoms with Crippen LogP contribution in [-0.2, 0) is 4.79 Å². The number of fused-ring (bicyclic) bond motifs is 1. The molecule has 1 aliphatic carbocycles. The summed E-state index contributed by atoms with van der Waals surface area (Å²) in [5.74, 6) is -1.78. The molecule has 202 valence electrons. The number of nitrogens with zero attached hydrogens (tertiary/aromatic N) is 4. The number of carbonyl (C=O) groups excluding carboxylic acids is 1. The third-order valence-corrected chi connectivity index (χ3v) is 7.17. The Morgan fingerprint density at radius 2 is 1.64 bits per heavy atom. The van der Waals surface area contributed by atoms with Crippen LogP contribution in [0.15, 0.2) is 67.0 Å². The molecule has 0 saturated heterocycles. The Morgan fingerprint density at radius 3 is 2.23 bits per heavy atom. The lowest BCUT2D eigenvalue weighted by atomic mass is 9.91. The minimum absolute atomic E-state index is 0.0532. The molecule has 11 nitrogen and oxygen atoms in total. The molecular weight excluding hydrogens is 500 g/mol.